The molecule has 1 fully saturated rings. The van der Waals surface area contributed by atoms with E-state index in [1.165, 1.54) is 0 Å². The fraction of sp³-hybridized carbons (Fsp3) is 0.500. The molecule has 0 spiro atoms. The van der Waals surface area contributed by atoms with Gasteiger partial charge in [0.2, 0.25) is 10.0 Å². The van der Waals surface area contributed by atoms with E-state index >= 15 is 0 Å². The number of aromatic nitrogens is 2. The highest BCUT2D eigenvalue weighted by Crippen LogP contribution is 2.28. The lowest BCUT2D eigenvalue weighted by Gasteiger charge is -2.06. The summed E-state index contributed by atoms with van der Waals surface area (Å²) in [5.74, 6) is 1.40. The van der Waals surface area contributed by atoms with E-state index < -0.39 is 10.0 Å². The Morgan fingerprint density at radius 1 is 1.38 bits per heavy atom. The number of benzene rings is 1. The predicted molar refractivity (Wildman–Crippen MR) is 89.9 cm³/mol. The maximum atomic E-state index is 12.4. The van der Waals surface area contributed by atoms with Gasteiger partial charge in [0.15, 0.2) is 5.82 Å². The van der Waals surface area contributed by atoms with Crippen molar-refractivity contribution in [1.29, 1.82) is 0 Å². The first-order valence-electron chi connectivity index (χ1n) is 8.08. The lowest BCUT2D eigenvalue weighted by atomic mass is 10.2. The van der Waals surface area contributed by atoms with Crippen molar-refractivity contribution in [3.8, 4) is 11.5 Å². The highest BCUT2D eigenvalue weighted by atomic mass is 32.2. The third-order valence-electron chi connectivity index (χ3n) is 4.10. The van der Waals surface area contributed by atoms with Crippen molar-refractivity contribution in [2.24, 2.45) is 5.92 Å². The molecule has 0 bridgehead atoms. The van der Waals surface area contributed by atoms with Gasteiger partial charge in [0, 0.05) is 24.6 Å². The Morgan fingerprint density at radius 2 is 2.17 bits per heavy atom. The van der Waals surface area contributed by atoms with Crippen LogP contribution in [0.25, 0.3) is 11.5 Å². The first-order chi connectivity index (χ1) is 11.5. The Kier molecular flexibility index (Phi) is 4.98. The molecule has 2 N–H and O–H groups in total. The van der Waals surface area contributed by atoms with E-state index in [0.29, 0.717) is 36.2 Å². The largest absolute Gasteiger partial charge is 0.334 e. The van der Waals surface area contributed by atoms with Gasteiger partial charge in [-0.2, -0.15) is 4.98 Å². The van der Waals surface area contributed by atoms with E-state index in [-0.39, 0.29) is 10.9 Å². The van der Waals surface area contributed by atoms with Crippen molar-refractivity contribution in [1.82, 2.24) is 20.2 Å². The number of likely N-dealkylation sites (N-methyl/N-ethyl adjacent to an activating group) is 1. The third kappa shape index (κ3) is 4.19. The molecule has 1 atom stereocenters. The first-order valence-corrected chi connectivity index (χ1v) is 9.56. The maximum Gasteiger partial charge on any atom is 0.257 e. The summed E-state index contributed by atoms with van der Waals surface area (Å²) < 4.78 is 32.6. The summed E-state index contributed by atoms with van der Waals surface area (Å²) in [4.78, 5) is 4.55. The van der Waals surface area contributed by atoms with Gasteiger partial charge in [-0.25, -0.2) is 13.1 Å². The molecule has 1 aliphatic carbocycles. The van der Waals surface area contributed by atoms with Crippen molar-refractivity contribution in [2.75, 3.05) is 13.6 Å². The minimum atomic E-state index is -3.51. The average Bonchev–Trinajstić information content (AvgIpc) is 3.31. The Labute approximate surface area is 141 Å². The molecule has 0 saturated heterocycles. The molecule has 2 aromatic rings. The second-order valence-electron chi connectivity index (χ2n) is 6.23. The molecule has 1 unspecified atom stereocenters. The van der Waals surface area contributed by atoms with Crippen LogP contribution in [-0.2, 0) is 16.4 Å². The zero-order valence-corrected chi connectivity index (χ0v) is 14.6. The number of hydrogen-bond donors (Lipinski definition) is 2. The highest BCUT2D eigenvalue weighted by molar-refractivity contribution is 7.89. The summed E-state index contributed by atoms with van der Waals surface area (Å²) in [6.07, 6.45) is 2.83. The van der Waals surface area contributed by atoms with Crippen LogP contribution in [0.5, 0.6) is 0 Å². The van der Waals surface area contributed by atoms with E-state index in [2.05, 4.69) is 20.2 Å². The van der Waals surface area contributed by atoms with Crippen molar-refractivity contribution < 1.29 is 12.9 Å². The van der Waals surface area contributed by atoms with E-state index in [1.54, 1.807) is 24.3 Å². The van der Waals surface area contributed by atoms with Gasteiger partial charge in [-0.15, -0.1) is 0 Å². The van der Waals surface area contributed by atoms with Gasteiger partial charge in [-0.05, 0) is 50.9 Å². The zero-order valence-electron chi connectivity index (χ0n) is 13.8. The lowest BCUT2D eigenvalue weighted by Crippen LogP contribution is -2.25. The van der Waals surface area contributed by atoms with Crippen LogP contribution in [0, 0.1) is 5.92 Å². The van der Waals surface area contributed by atoms with Gasteiger partial charge in [-0.1, -0.05) is 11.2 Å². The molecule has 8 heteroatoms. The normalized spacial score (nSPS) is 16.2. The summed E-state index contributed by atoms with van der Waals surface area (Å²) in [6, 6.07) is 6.81. The smallest absolute Gasteiger partial charge is 0.257 e. The second kappa shape index (κ2) is 7.00. The van der Waals surface area contributed by atoms with Crippen LogP contribution in [0.3, 0.4) is 0 Å². The molecule has 1 saturated carbocycles. The van der Waals surface area contributed by atoms with Crippen LogP contribution in [0.15, 0.2) is 33.7 Å². The first kappa shape index (κ1) is 17.1. The molecule has 1 aromatic heterocycles. The monoisotopic (exact) mass is 350 g/mol. The molecule has 1 aliphatic rings. The Hall–Kier alpha value is -1.77. The molecule has 0 aliphatic heterocycles. The number of rotatable bonds is 8. The second-order valence-corrected chi connectivity index (χ2v) is 8.00. The lowest BCUT2D eigenvalue weighted by molar-refractivity contribution is 0.418. The van der Waals surface area contributed by atoms with Crippen molar-refractivity contribution >= 4 is 10.0 Å². The average molecular weight is 350 g/mol. The third-order valence-corrected chi connectivity index (χ3v) is 5.52. The van der Waals surface area contributed by atoms with E-state index in [9.17, 15) is 8.42 Å². The van der Waals surface area contributed by atoms with Crippen LogP contribution in [0.1, 0.15) is 25.6 Å². The fourth-order valence-electron chi connectivity index (χ4n) is 2.26. The summed E-state index contributed by atoms with van der Waals surface area (Å²) >= 11 is 0. The molecule has 1 aromatic carbocycles. The van der Waals surface area contributed by atoms with Crippen LogP contribution >= 0.6 is 0 Å². The number of sulfonamides is 1. The highest BCUT2D eigenvalue weighted by Gasteiger charge is 2.24. The van der Waals surface area contributed by atoms with Gasteiger partial charge in [-0.3, -0.25) is 0 Å². The fourth-order valence-corrected chi connectivity index (χ4v) is 3.42. The van der Waals surface area contributed by atoms with E-state index in [4.69, 9.17) is 4.52 Å². The molecule has 1 heterocycles. The van der Waals surface area contributed by atoms with E-state index in [1.807, 2.05) is 14.0 Å². The Balaban J connectivity index is 1.77. The Morgan fingerprint density at radius 3 is 2.88 bits per heavy atom. The molecular formula is C16H22N4O3S. The summed E-state index contributed by atoms with van der Waals surface area (Å²) in [6.45, 7) is 2.52. The van der Waals surface area contributed by atoms with Gasteiger partial charge in [0.1, 0.15) is 0 Å². The molecule has 0 amide bonds. The molecule has 0 radical (unpaired) electrons. The van der Waals surface area contributed by atoms with Crippen molar-refractivity contribution in [3.63, 3.8) is 0 Å². The van der Waals surface area contributed by atoms with Crippen molar-refractivity contribution in [2.45, 2.75) is 37.1 Å². The summed E-state index contributed by atoms with van der Waals surface area (Å²) in [7, 11) is -1.64. The molecule has 7 nitrogen and oxygen atoms in total. The number of nitrogens with one attached hydrogen (secondary N) is 2. The summed E-state index contributed by atoms with van der Waals surface area (Å²) in [5, 5.41) is 7.06. The Bertz CT molecular complexity index is 799. The molecule has 130 valence electrons. The molecule has 24 heavy (non-hydrogen) atoms. The number of hydrogen-bond acceptors (Lipinski definition) is 6. The van der Waals surface area contributed by atoms with Crippen molar-refractivity contribution in [3.05, 3.63) is 30.1 Å². The molecule has 3 rings (SSSR count). The SMILES string of the molecule is CNC(C)Cc1noc(-c2cccc(S(=O)(=O)NCC3CC3)c2)n1. The maximum absolute atomic E-state index is 12.4. The topological polar surface area (TPSA) is 97.1 Å². The van der Waals surface area contributed by atoms with Gasteiger partial charge in [0.25, 0.3) is 5.89 Å². The van der Waals surface area contributed by atoms with Crippen LogP contribution in [-0.4, -0.2) is 38.2 Å². The zero-order chi connectivity index (χ0) is 17.2. The van der Waals surface area contributed by atoms with Crippen LogP contribution < -0.4 is 10.0 Å². The van der Waals surface area contributed by atoms with Crippen LogP contribution in [0.4, 0.5) is 0 Å². The standard InChI is InChI=1S/C16H22N4O3S/c1-11(17-2)8-15-19-16(23-20-15)13-4-3-5-14(9-13)24(21,22)18-10-12-6-7-12/h3-5,9,11-12,17-18H,6-8,10H2,1-2H3. The van der Waals surface area contributed by atoms with Gasteiger partial charge >= 0.3 is 0 Å². The molecular weight excluding hydrogens is 328 g/mol. The van der Waals surface area contributed by atoms with Gasteiger partial charge in [0.05, 0.1) is 4.90 Å². The van der Waals surface area contributed by atoms with E-state index in [0.717, 1.165) is 12.8 Å². The minimum absolute atomic E-state index is 0.212. The number of nitrogens with zero attached hydrogens (tertiary/aromatic N) is 2. The van der Waals surface area contributed by atoms with Crippen LogP contribution in [0.2, 0.25) is 0 Å². The predicted octanol–water partition coefficient (Wildman–Crippen LogP) is 1.58. The quantitative estimate of drug-likeness (QED) is 0.750. The van der Waals surface area contributed by atoms with Gasteiger partial charge < -0.3 is 9.84 Å². The summed E-state index contributed by atoms with van der Waals surface area (Å²) in [5.41, 5.74) is 0.597. The minimum Gasteiger partial charge on any atom is -0.334 e.